The van der Waals surface area contributed by atoms with Crippen LogP contribution in [0.2, 0.25) is 61.4 Å². The fraction of sp³-hybridized carbons (Fsp3) is 0.477. The van der Waals surface area contributed by atoms with Crippen LogP contribution in [0.25, 0.3) is 20.9 Å². The molecule has 0 bridgehead atoms. The SMILES string of the molecule is CC(C)(C)OC(=O)C1(N(CC[Si](C)(C)C)S(=O)(=O)c2ccc(-c3ccc(Cl)cc3)s2)CC1(CO)c1ccccc1.CC(C)(C)OC(=O)C1(N(CC[Si](C)(C)C)S(=O)(=O)c2ccc(-c3ccc(Cl)cc3)s2)CC1(COC1CCCCO1)c1ccccc1. The van der Waals surface area contributed by atoms with Crippen LogP contribution in [-0.2, 0) is 59.4 Å². The number of aliphatic hydroxyl groups is 1. The van der Waals surface area contributed by atoms with Crippen LogP contribution in [0.4, 0.5) is 0 Å². The van der Waals surface area contributed by atoms with Crippen molar-refractivity contribution in [1.29, 1.82) is 0 Å². The van der Waals surface area contributed by atoms with Crippen molar-refractivity contribution in [2.45, 2.75) is 173 Å². The lowest BCUT2D eigenvalue weighted by molar-refractivity contribution is -0.174. The molecular weight excluding hydrogens is 1240 g/mol. The van der Waals surface area contributed by atoms with E-state index in [0.29, 0.717) is 34.3 Å². The first-order valence-corrected chi connectivity index (χ1v) is 42.0. The highest BCUT2D eigenvalue weighted by Gasteiger charge is 2.80. The molecule has 2 aliphatic carbocycles. The first-order valence-electron chi connectivity index (χ1n) is 29.3. The molecule has 4 aromatic carbocycles. The Morgan fingerprint density at radius 1 is 0.593 bits per heavy atom. The van der Waals surface area contributed by atoms with E-state index in [1.54, 1.807) is 63.2 Å². The van der Waals surface area contributed by atoms with E-state index in [0.717, 1.165) is 57.0 Å². The predicted molar refractivity (Wildman–Crippen MR) is 353 cm³/mol. The van der Waals surface area contributed by atoms with Gasteiger partial charge in [-0.3, -0.25) is 0 Å². The maximum absolute atomic E-state index is 15.0. The summed E-state index contributed by atoms with van der Waals surface area (Å²) in [7, 11) is -11.9. The number of ether oxygens (including phenoxy) is 4. The summed E-state index contributed by atoms with van der Waals surface area (Å²) in [6, 6.07) is 41.6. The number of benzene rings is 4. The van der Waals surface area contributed by atoms with Crippen molar-refractivity contribution in [3.05, 3.63) is 155 Å². The summed E-state index contributed by atoms with van der Waals surface area (Å²) < 4.78 is 86.7. The van der Waals surface area contributed by atoms with E-state index in [9.17, 15) is 31.5 Å². The second-order valence-electron chi connectivity index (χ2n) is 27.3. The number of carbonyl (C=O) groups excluding carboxylic acids is 2. The molecule has 1 aliphatic heterocycles. The quantitative estimate of drug-likeness (QED) is 0.0508. The van der Waals surface area contributed by atoms with Gasteiger partial charge in [-0.05, 0) is 157 Å². The Morgan fingerprint density at radius 3 is 1.36 bits per heavy atom. The highest BCUT2D eigenvalue weighted by atomic mass is 35.5. The second-order valence-corrected chi connectivity index (χ2v) is 45.7. The zero-order valence-corrected chi connectivity index (χ0v) is 58.4. The van der Waals surface area contributed by atoms with Gasteiger partial charge in [0.2, 0.25) is 0 Å². The molecule has 5 unspecified atom stereocenters. The molecule has 3 fully saturated rings. The van der Waals surface area contributed by atoms with Crippen molar-refractivity contribution < 1.29 is 50.5 Å². The van der Waals surface area contributed by atoms with Gasteiger partial charge < -0.3 is 24.1 Å². The zero-order valence-electron chi connectivity index (χ0n) is 51.6. The van der Waals surface area contributed by atoms with Crippen molar-refractivity contribution in [2.75, 3.05) is 32.9 Å². The third kappa shape index (κ3) is 14.9. The molecule has 1 N–H and O–H groups in total. The van der Waals surface area contributed by atoms with Crippen molar-refractivity contribution in [2.24, 2.45) is 0 Å². The maximum atomic E-state index is 15.0. The monoisotopic (exact) mass is 1320 g/mol. The fourth-order valence-electron chi connectivity index (χ4n) is 11.3. The molecule has 1 saturated heterocycles. The summed E-state index contributed by atoms with van der Waals surface area (Å²) in [4.78, 5) is 30.4. The number of esters is 2. The van der Waals surface area contributed by atoms with Crippen LogP contribution in [0, 0.1) is 0 Å². The van der Waals surface area contributed by atoms with Crippen LogP contribution >= 0.6 is 45.9 Å². The number of sulfonamides is 2. The van der Waals surface area contributed by atoms with Crippen molar-refractivity contribution in [3.8, 4) is 20.9 Å². The predicted octanol–water partition coefficient (Wildman–Crippen LogP) is 15.2. The molecule has 21 heteroatoms. The maximum Gasteiger partial charge on any atom is 0.329 e. The van der Waals surface area contributed by atoms with E-state index in [2.05, 4.69) is 39.3 Å². The molecule has 0 amide bonds. The van der Waals surface area contributed by atoms with Crippen molar-refractivity contribution in [3.63, 3.8) is 0 Å². The first kappa shape index (κ1) is 67.9. The second kappa shape index (κ2) is 26.0. The lowest BCUT2D eigenvalue weighted by atomic mass is 9.90. The molecule has 0 radical (unpaired) electrons. The van der Waals surface area contributed by atoms with Gasteiger partial charge in [0, 0.05) is 55.6 Å². The van der Waals surface area contributed by atoms with E-state index in [-0.39, 0.29) is 41.0 Å². The Kier molecular flexibility index (Phi) is 20.5. The fourth-order valence-corrected chi connectivity index (χ4v) is 20.1. The average molecular weight is 1320 g/mol. The number of nitrogens with zero attached hydrogens (tertiary/aromatic N) is 2. The Bertz CT molecular complexity index is 3540. The normalized spacial score (nSPS) is 22.7. The molecule has 5 atom stereocenters. The van der Waals surface area contributed by atoms with Crippen LogP contribution in [0.3, 0.4) is 0 Å². The molecule has 9 rings (SSSR count). The minimum Gasteiger partial charge on any atom is -0.459 e. The lowest BCUT2D eigenvalue weighted by Gasteiger charge is -2.37. The van der Waals surface area contributed by atoms with Crippen LogP contribution < -0.4 is 0 Å². The summed E-state index contributed by atoms with van der Waals surface area (Å²) in [6.45, 7) is 24.6. The van der Waals surface area contributed by atoms with Crippen LogP contribution in [-0.4, -0.2) is 120 Å². The highest BCUT2D eigenvalue weighted by molar-refractivity contribution is 7.91. The van der Waals surface area contributed by atoms with Gasteiger partial charge in [0.1, 0.15) is 30.7 Å². The molecule has 3 heterocycles. The smallest absolute Gasteiger partial charge is 0.329 e. The number of rotatable bonds is 22. The van der Waals surface area contributed by atoms with E-state index in [1.807, 2.05) is 112 Å². The summed E-state index contributed by atoms with van der Waals surface area (Å²) in [5, 5.41) is 12.1. The number of aliphatic hydroxyl groups excluding tert-OH is 1. The molecule has 0 spiro atoms. The van der Waals surface area contributed by atoms with Gasteiger partial charge in [-0.2, -0.15) is 8.61 Å². The van der Waals surface area contributed by atoms with Gasteiger partial charge in [-0.25, -0.2) is 26.4 Å². The minimum absolute atomic E-state index is 0.125. The van der Waals surface area contributed by atoms with E-state index >= 15 is 0 Å². The van der Waals surface area contributed by atoms with Crippen molar-refractivity contribution in [1.82, 2.24) is 8.61 Å². The molecule has 6 aromatic rings. The molecule has 2 saturated carbocycles. The number of thiophene rings is 2. The molecular formula is C65H84Cl2N2O11S4Si2. The van der Waals surface area contributed by atoms with Crippen LogP contribution in [0.15, 0.2) is 142 Å². The first-order chi connectivity index (χ1) is 40.1. The van der Waals surface area contributed by atoms with Gasteiger partial charge in [-0.1, -0.05) is 147 Å². The largest absolute Gasteiger partial charge is 0.459 e. The van der Waals surface area contributed by atoms with Gasteiger partial charge in [0.15, 0.2) is 6.29 Å². The van der Waals surface area contributed by atoms with Crippen molar-refractivity contribution >= 4 is 94.0 Å². The third-order valence-corrected chi connectivity index (χ3v) is 27.0. The topological polar surface area (TPSA) is 166 Å². The van der Waals surface area contributed by atoms with E-state index < -0.39 is 94.1 Å². The Labute approximate surface area is 530 Å². The van der Waals surface area contributed by atoms with Gasteiger partial charge >= 0.3 is 11.9 Å². The summed E-state index contributed by atoms with van der Waals surface area (Å²) in [5.41, 5.74) is -3.59. The molecule has 13 nitrogen and oxygen atoms in total. The minimum atomic E-state index is -4.18. The molecule has 2 aromatic heterocycles. The number of halogens is 2. The Hall–Kier alpha value is -4.07. The van der Waals surface area contributed by atoms with Gasteiger partial charge in [0.05, 0.1) is 24.0 Å². The molecule has 86 heavy (non-hydrogen) atoms. The zero-order chi connectivity index (χ0) is 62.9. The summed E-state index contributed by atoms with van der Waals surface area (Å²) in [5.74, 6) is -1.18. The highest BCUT2D eigenvalue weighted by Crippen LogP contribution is 2.65. The standard InChI is InChI=1S/C35H46ClNO6S2Si.C30H38ClNO5S2Si/c1-33(2,3)43-32(38)35(24-34(35,27-12-8-7-9-13-27)25-42-30-14-10-11-22-41-30)37(21-23-46(4,5)6)45(39,40)31-20-19-29(44-31)26-15-17-28(36)18-16-26;1-28(2,3)37-27(34)30(20-29(30,21-33)23-10-8-7-9-11-23)32(18-19-40(4,5)6)39(35,36)26-17-16-25(38-26)22-12-14-24(31)15-13-22/h7-9,12-13,15-20,30H,10-11,14,21-25H2,1-6H3;7-17,33H,18-21H2,1-6H3. The van der Waals surface area contributed by atoms with Gasteiger partial charge in [0.25, 0.3) is 20.0 Å². The van der Waals surface area contributed by atoms with E-state index in [1.165, 1.54) is 19.9 Å². The number of carbonyl (C=O) groups is 2. The summed E-state index contributed by atoms with van der Waals surface area (Å²) in [6.07, 6.45) is 2.70. The molecule has 466 valence electrons. The molecule has 3 aliphatic rings. The summed E-state index contributed by atoms with van der Waals surface area (Å²) >= 11 is 14.5. The Morgan fingerprint density at radius 2 is 0.988 bits per heavy atom. The van der Waals surface area contributed by atoms with E-state index in [4.69, 9.17) is 42.1 Å². The van der Waals surface area contributed by atoms with Crippen LogP contribution in [0.5, 0.6) is 0 Å². The average Bonchev–Trinajstić information content (AvgIpc) is 1.51. The number of hydrogen-bond donors (Lipinski definition) is 1. The number of hydrogen-bond acceptors (Lipinski definition) is 13. The Balaban J connectivity index is 0.000000226. The lowest BCUT2D eigenvalue weighted by Crippen LogP contribution is -2.55. The van der Waals surface area contributed by atoms with Crippen LogP contribution in [0.1, 0.15) is 84.8 Å². The third-order valence-electron chi connectivity index (χ3n) is 16.0. The van der Waals surface area contributed by atoms with Gasteiger partial charge in [-0.15, -0.1) is 22.7 Å².